The molecule has 0 N–H and O–H groups in total. The molecule has 66 valence electrons. The van der Waals surface area contributed by atoms with E-state index in [4.69, 9.17) is 0 Å². The van der Waals surface area contributed by atoms with Crippen molar-refractivity contribution in [3.63, 3.8) is 0 Å². The summed E-state index contributed by atoms with van der Waals surface area (Å²) in [6, 6.07) is 0. The Balaban J connectivity index is 2.43. The molecule has 1 aromatic rings. The van der Waals surface area contributed by atoms with E-state index >= 15 is 0 Å². The molecule has 7 heteroatoms. The molecule has 7 nitrogen and oxygen atoms in total. The van der Waals surface area contributed by atoms with E-state index in [0.29, 0.717) is 0 Å². The van der Waals surface area contributed by atoms with Crippen LogP contribution in [0.4, 0.5) is 9.59 Å². The maximum atomic E-state index is 10.6. The van der Waals surface area contributed by atoms with Gasteiger partial charge < -0.3 is 14.2 Å². The normalized spacial score (nSPS) is 14.8. The molecule has 0 fully saturated rings. The van der Waals surface area contributed by atoms with Gasteiger partial charge in [0.15, 0.2) is 0 Å². The van der Waals surface area contributed by atoms with Crippen molar-refractivity contribution in [2.45, 2.75) is 0 Å². The first-order chi connectivity index (χ1) is 6.25. The number of hydrogen-bond acceptors (Lipinski definition) is 7. The summed E-state index contributed by atoms with van der Waals surface area (Å²) in [5.41, 5.74) is 0. The van der Waals surface area contributed by atoms with Crippen molar-refractivity contribution in [3.8, 4) is 11.8 Å². The zero-order valence-corrected chi connectivity index (χ0v) is 6.09. The predicted molar refractivity (Wildman–Crippen MR) is 35.2 cm³/mol. The van der Waals surface area contributed by atoms with Crippen molar-refractivity contribution >= 4 is 12.3 Å². The second kappa shape index (κ2) is 2.70. The molecule has 2 rings (SSSR count). The molecule has 1 aromatic heterocycles. The number of carbonyl (C=O) groups is 2. The summed E-state index contributed by atoms with van der Waals surface area (Å²) < 4.78 is 12.9. The number of rotatable bonds is 0. The lowest BCUT2D eigenvalue weighted by atomic mass is 10.7. The number of nitrogens with zero attached hydrogens (tertiary/aromatic N) is 2. The molecule has 0 spiro atoms. The Bertz CT molecular complexity index is 342. The average molecular weight is 182 g/mol. The lowest BCUT2D eigenvalue weighted by Crippen LogP contribution is -2.14. The number of cyclic esters (lactones) is 2. The highest BCUT2D eigenvalue weighted by atomic mass is 16.8. The van der Waals surface area contributed by atoms with Gasteiger partial charge in [-0.15, -0.1) is 0 Å². The highest BCUT2D eigenvalue weighted by Crippen LogP contribution is 2.23. The first kappa shape index (κ1) is 7.47. The van der Waals surface area contributed by atoms with E-state index in [1.807, 2.05) is 0 Å². The fourth-order valence-corrected chi connectivity index (χ4v) is 0.720. The van der Waals surface area contributed by atoms with Crippen LogP contribution in [-0.2, 0) is 4.74 Å². The van der Waals surface area contributed by atoms with E-state index in [-0.39, 0.29) is 11.8 Å². The molecule has 13 heavy (non-hydrogen) atoms. The summed E-state index contributed by atoms with van der Waals surface area (Å²) in [7, 11) is 0. The van der Waals surface area contributed by atoms with Crippen LogP contribution in [0.25, 0.3) is 0 Å². The topological polar surface area (TPSA) is 87.6 Å². The van der Waals surface area contributed by atoms with Gasteiger partial charge in [-0.2, -0.15) is 0 Å². The van der Waals surface area contributed by atoms with E-state index in [2.05, 4.69) is 24.2 Å². The monoisotopic (exact) mass is 182 g/mol. The van der Waals surface area contributed by atoms with Crippen LogP contribution in [0.2, 0.25) is 0 Å². The highest BCUT2D eigenvalue weighted by Gasteiger charge is 2.25. The summed E-state index contributed by atoms with van der Waals surface area (Å²) in [5.74, 6) is -0.392. The van der Waals surface area contributed by atoms with Crippen LogP contribution in [0, 0.1) is 0 Å². The van der Waals surface area contributed by atoms with Gasteiger partial charge in [0.25, 0.3) is 11.8 Å². The van der Waals surface area contributed by atoms with Crippen LogP contribution >= 0.6 is 0 Å². The molecule has 0 atom stereocenters. The Morgan fingerprint density at radius 1 is 0.846 bits per heavy atom. The lowest BCUT2D eigenvalue weighted by molar-refractivity contribution is 0.0989. The Labute approximate surface area is 71.3 Å². The molecule has 0 unspecified atom stereocenters. The number of hydrogen-bond donors (Lipinski definition) is 0. The van der Waals surface area contributed by atoms with Gasteiger partial charge in [0.1, 0.15) is 0 Å². The van der Waals surface area contributed by atoms with Crippen molar-refractivity contribution in [2.75, 3.05) is 0 Å². The Hall–Kier alpha value is -2.18. The standard InChI is InChI=1S/C6H2N2O5/c9-5-11-3-4(8-2-1-7-3)12-6(10)13-5/h1-2H. The van der Waals surface area contributed by atoms with E-state index in [0.717, 1.165) is 0 Å². The molecular weight excluding hydrogens is 180 g/mol. The lowest BCUT2D eigenvalue weighted by Gasteiger charge is -1.96. The van der Waals surface area contributed by atoms with Gasteiger partial charge in [0.2, 0.25) is 0 Å². The number of carbonyl (C=O) groups excluding carboxylic acids is 2. The van der Waals surface area contributed by atoms with Gasteiger partial charge in [-0.05, 0) is 0 Å². The summed E-state index contributed by atoms with van der Waals surface area (Å²) in [6.07, 6.45) is 0.185. The summed E-state index contributed by atoms with van der Waals surface area (Å²) in [4.78, 5) is 28.5. The molecule has 0 radical (unpaired) electrons. The average Bonchev–Trinajstić information content (AvgIpc) is 2.20. The molecule has 0 bridgehead atoms. The van der Waals surface area contributed by atoms with E-state index in [1.165, 1.54) is 12.4 Å². The van der Waals surface area contributed by atoms with Gasteiger partial charge in [-0.25, -0.2) is 19.6 Å². The first-order valence-electron chi connectivity index (χ1n) is 3.18. The smallest absolute Gasteiger partial charge is 0.369 e. The minimum absolute atomic E-state index is 0.196. The second-order valence-electron chi connectivity index (χ2n) is 1.97. The minimum Gasteiger partial charge on any atom is -0.369 e. The van der Waals surface area contributed by atoms with Gasteiger partial charge in [0.05, 0.1) is 0 Å². The minimum atomic E-state index is -1.19. The largest absolute Gasteiger partial charge is 0.525 e. The first-order valence-corrected chi connectivity index (χ1v) is 3.18. The number of ether oxygens (including phenoxy) is 3. The summed E-state index contributed by atoms with van der Waals surface area (Å²) >= 11 is 0. The van der Waals surface area contributed by atoms with Crippen LogP contribution in [-0.4, -0.2) is 22.3 Å². The third kappa shape index (κ3) is 1.39. The fraction of sp³-hybridized carbons (Fsp3) is 0. The highest BCUT2D eigenvalue weighted by molar-refractivity contribution is 5.81. The Kier molecular flexibility index (Phi) is 1.55. The zero-order chi connectivity index (χ0) is 9.26. The molecular formula is C6H2N2O5. The van der Waals surface area contributed by atoms with E-state index < -0.39 is 12.3 Å². The third-order valence-corrected chi connectivity index (χ3v) is 1.16. The van der Waals surface area contributed by atoms with Crippen molar-refractivity contribution in [1.29, 1.82) is 0 Å². The summed E-state index contributed by atoms with van der Waals surface area (Å²) in [6.45, 7) is 0. The Morgan fingerprint density at radius 2 is 1.31 bits per heavy atom. The molecule has 0 saturated carbocycles. The SMILES string of the molecule is O=C1OC(=O)Oc2nccnc2O1. The van der Waals surface area contributed by atoms with Crippen LogP contribution in [0.5, 0.6) is 11.8 Å². The molecule has 2 heterocycles. The van der Waals surface area contributed by atoms with Crippen LogP contribution in [0.3, 0.4) is 0 Å². The van der Waals surface area contributed by atoms with E-state index in [1.54, 1.807) is 0 Å². The van der Waals surface area contributed by atoms with Gasteiger partial charge in [-0.1, -0.05) is 0 Å². The van der Waals surface area contributed by atoms with E-state index in [9.17, 15) is 9.59 Å². The quantitative estimate of drug-likeness (QED) is 0.426. The van der Waals surface area contributed by atoms with Crippen molar-refractivity contribution in [3.05, 3.63) is 12.4 Å². The van der Waals surface area contributed by atoms with Gasteiger partial charge in [0, 0.05) is 12.4 Å². The van der Waals surface area contributed by atoms with Crippen LogP contribution in [0.1, 0.15) is 0 Å². The molecule has 0 aromatic carbocycles. The predicted octanol–water partition coefficient (Wildman–Crippen LogP) is 0.504. The molecule has 1 aliphatic heterocycles. The molecule has 0 saturated heterocycles. The van der Waals surface area contributed by atoms with Crippen LogP contribution in [0.15, 0.2) is 12.4 Å². The fourth-order valence-electron chi connectivity index (χ4n) is 0.720. The molecule has 0 aliphatic carbocycles. The molecule has 1 aliphatic rings. The molecule has 0 amide bonds. The maximum absolute atomic E-state index is 10.6. The number of aromatic nitrogens is 2. The van der Waals surface area contributed by atoms with Gasteiger partial charge >= 0.3 is 12.3 Å². The summed E-state index contributed by atoms with van der Waals surface area (Å²) in [5, 5.41) is 0. The van der Waals surface area contributed by atoms with Crippen molar-refractivity contribution < 1.29 is 23.8 Å². The maximum Gasteiger partial charge on any atom is 0.525 e. The van der Waals surface area contributed by atoms with Crippen molar-refractivity contribution in [1.82, 2.24) is 9.97 Å². The van der Waals surface area contributed by atoms with Crippen LogP contribution < -0.4 is 9.47 Å². The third-order valence-electron chi connectivity index (χ3n) is 1.16. The Morgan fingerprint density at radius 3 is 1.77 bits per heavy atom. The van der Waals surface area contributed by atoms with Gasteiger partial charge in [-0.3, -0.25) is 0 Å². The van der Waals surface area contributed by atoms with Crippen molar-refractivity contribution in [2.24, 2.45) is 0 Å². The zero-order valence-electron chi connectivity index (χ0n) is 6.09. The second-order valence-corrected chi connectivity index (χ2v) is 1.97. The number of fused-ring (bicyclic) bond motifs is 1.